The molecule has 0 saturated carbocycles. The zero-order valence-corrected chi connectivity index (χ0v) is 6.99. The molecule has 0 heterocycles. The molecule has 0 unspecified atom stereocenters. The maximum atomic E-state index is 9.47. The highest BCUT2D eigenvalue weighted by Crippen LogP contribution is 2.27. The van der Waals surface area contributed by atoms with Crippen molar-refractivity contribution in [3.8, 4) is 11.5 Å². The van der Waals surface area contributed by atoms with E-state index in [9.17, 15) is 10.2 Å². The van der Waals surface area contributed by atoms with E-state index in [0.717, 1.165) is 12.4 Å². The Kier molecular flexibility index (Phi) is 2.90. The molecule has 0 aliphatic rings. The molecule has 0 aliphatic carbocycles. The number of oxime groups is 2. The average molecular weight is 196 g/mol. The number of phenols is 2. The molecule has 0 aromatic heterocycles. The maximum absolute atomic E-state index is 9.47. The number of phenolic OH excluding ortho intramolecular Hbond substituents is 2. The van der Waals surface area contributed by atoms with Crippen molar-refractivity contribution < 1.29 is 20.6 Å². The summed E-state index contributed by atoms with van der Waals surface area (Å²) in [5.41, 5.74) is 0.144. The van der Waals surface area contributed by atoms with Gasteiger partial charge in [-0.15, -0.1) is 0 Å². The second-order valence-corrected chi connectivity index (χ2v) is 2.43. The minimum Gasteiger partial charge on any atom is -0.507 e. The minimum atomic E-state index is -0.333. The molecule has 0 spiro atoms. The molecule has 0 saturated heterocycles. The molecule has 14 heavy (non-hydrogen) atoms. The molecule has 1 aromatic rings. The van der Waals surface area contributed by atoms with Crippen LogP contribution in [-0.2, 0) is 0 Å². The first-order valence-corrected chi connectivity index (χ1v) is 3.60. The highest BCUT2D eigenvalue weighted by molar-refractivity contribution is 5.93. The van der Waals surface area contributed by atoms with Crippen molar-refractivity contribution in [2.45, 2.75) is 0 Å². The van der Waals surface area contributed by atoms with Crippen molar-refractivity contribution in [3.63, 3.8) is 0 Å². The summed E-state index contributed by atoms with van der Waals surface area (Å²) in [5, 5.41) is 40.6. The minimum absolute atomic E-state index is 0.0510. The number of hydrogen-bond donors (Lipinski definition) is 4. The number of aromatic hydroxyl groups is 2. The SMILES string of the molecule is O/N=C/c1ccc(O)c(/C=N/O)c1O. The number of rotatable bonds is 2. The van der Waals surface area contributed by atoms with Gasteiger partial charge in [0.05, 0.1) is 18.0 Å². The van der Waals surface area contributed by atoms with Crippen LogP contribution in [0.1, 0.15) is 11.1 Å². The normalized spacial score (nSPS) is 11.4. The summed E-state index contributed by atoms with van der Waals surface area (Å²) in [6.45, 7) is 0. The first kappa shape index (κ1) is 9.85. The van der Waals surface area contributed by atoms with E-state index in [1.54, 1.807) is 0 Å². The Morgan fingerprint density at radius 2 is 1.64 bits per heavy atom. The van der Waals surface area contributed by atoms with Gasteiger partial charge in [-0.1, -0.05) is 10.3 Å². The zero-order chi connectivity index (χ0) is 10.6. The van der Waals surface area contributed by atoms with Crippen LogP contribution in [0.5, 0.6) is 11.5 Å². The van der Waals surface area contributed by atoms with E-state index in [4.69, 9.17) is 10.4 Å². The molecule has 6 heteroatoms. The Morgan fingerprint density at radius 1 is 1.00 bits per heavy atom. The summed E-state index contributed by atoms with van der Waals surface area (Å²) in [4.78, 5) is 0. The molecule has 0 fully saturated rings. The number of hydrogen-bond acceptors (Lipinski definition) is 6. The highest BCUT2D eigenvalue weighted by Gasteiger charge is 2.09. The smallest absolute Gasteiger partial charge is 0.137 e. The van der Waals surface area contributed by atoms with Gasteiger partial charge in [-0.25, -0.2) is 0 Å². The second kappa shape index (κ2) is 4.13. The summed E-state index contributed by atoms with van der Waals surface area (Å²) in [6, 6.07) is 2.62. The summed E-state index contributed by atoms with van der Waals surface area (Å²) >= 11 is 0. The molecule has 6 nitrogen and oxygen atoms in total. The Morgan fingerprint density at radius 3 is 2.21 bits per heavy atom. The van der Waals surface area contributed by atoms with Crippen molar-refractivity contribution in [1.29, 1.82) is 0 Å². The summed E-state index contributed by atoms with van der Waals surface area (Å²) in [5.74, 6) is -0.573. The molecule has 74 valence electrons. The van der Waals surface area contributed by atoms with Gasteiger partial charge in [0, 0.05) is 5.56 Å². The standard InChI is InChI=1S/C8H8N2O4/c11-7-2-1-5(3-9-13)8(12)6(7)4-10-14/h1-4,11-14H/b9-3+,10-4+. The van der Waals surface area contributed by atoms with Gasteiger partial charge in [0.1, 0.15) is 11.5 Å². The molecular weight excluding hydrogens is 188 g/mol. The topological polar surface area (TPSA) is 106 Å². The Labute approximate surface area is 79.0 Å². The van der Waals surface area contributed by atoms with Gasteiger partial charge in [-0.2, -0.15) is 0 Å². The third kappa shape index (κ3) is 1.74. The predicted octanol–water partition coefficient (Wildman–Crippen LogP) is 0.714. The van der Waals surface area contributed by atoms with Gasteiger partial charge in [-0.05, 0) is 12.1 Å². The Bertz CT molecular complexity index is 387. The van der Waals surface area contributed by atoms with Gasteiger partial charge in [0.15, 0.2) is 0 Å². The Hall–Kier alpha value is -2.24. The lowest BCUT2D eigenvalue weighted by Crippen LogP contribution is -1.90. The van der Waals surface area contributed by atoms with Gasteiger partial charge >= 0.3 is 0 Å². The highest BCUT2D eigenvalue weighted by atomic mass is 16.4. The van der Waals surface area contributed by atoms with E-state index in [1.165, 1.54) is 12.1 Å². The summed E-state index contributed by atoms with van der Waals surface area (Å²) in [6.07, 6.45) is 1.86. The van der Waals surface area contributed by atoms with Crippen LogP contribution in [0.15, 0.2) is 22.4 Å². The van der Waals surface area contributed by atoms with Crippen LogP contribution in [0.2, 0.25) is 0 Å². The molecule has 0 bridgehead atoms. The van der Waals surface area contributed by atoms with Crippen molar-refractivity contribution in [2.75, 3.05) is 0 Å². The predicted molar refractivity (Wildman–Crippen MR) is 48.5 cm³/mol. The van der Waals surface area contributed by atoms with E-state index in [-0.39, 0.29) is 22.6 Å². The lowest BCUT2D eigenvalue weighted by atomic mass is 10.1. The van der Waals surface area contributed by atoms with Crippen molar-refractivity contribution in [3.05, 3.63) is 23.3 Å². The first-order valence-electron chi connectivity index (χ1n) is 3.60. The second-order valence-electron chi connectivity index (χ2n) is 2.43. The van der Waals surface area contributed by atoms with Crippen LogP contribution in [-0.4, -0.2) is 33.1 Å². The van der Waals surface area contributed by atoms with Crippen LogP contribution in [0.4, 0.5) is 0 Å². The van der Waals surface area contributed by atoms with Crippen molar-refractivity contribution >= 4 is 12.4 Å². The largest absolute Gasteiger partial charge is 0.507 e. The summed E-state index contributed by atoms with van der Waals surface area (Å²) in [7, 11) is 0. The maximum Gasteiger partial charge on any atom is 0.137 e. The van der Waals surface area contributed by atoms with E-state index in [0.29, 0.717) is 0 Å². The van der Waals surface area contributed by atoms with E-state index < -0.39 is 0 Å². The van der Waals surface area contributed by atoms with E-state index in [1.807, 2.05) is 0 Å². The Balaban J connectivity index is 3.33. The molecule has 1 rings (SSSR count). The van der Waals surface area contributed by atoms with E-state index in [2.05, 4.69) is 10.3 Å². The molecule has 4 N–H and O–H groups in total. The first-order chi connectivity index (χ1) is 6.70. The van der Waals surface area contributed by atoms with Crippen LogP contribution in [0, 0.1) is 0 Å². The molecule has 0 amide bonds. The molecule has 0 radical (unpaired) electrons. The van der Waals surface area contributed by atoms with Crippen molar-refractivity contribution in [1.82, 2.24) is 0 Å². The van der Waals surface area contributed by atoms with Gasteiger partial charge in [0.25, 0.3) is 0 Å². The van der Waals surface area contributed by atoms with Crippen molar-refractivity contribution in [2.24, 2.45) is 10.3 Å². The fraction of sp³-hybridized carbons (Fsp3) is 0. The monoisotopic (exact) mass is 196 g/mol. The number of nitrogens with zero attached hydrogens (tertiary/aromatic N) is 2. The lowest BCUT2D eigenvalue weighted by molar-refractivity contribution is 0.321. The molecule has 0 aliphatic heterocycles. The molecule has 1 aromatic carbocycles. The average Bonchev–Trinajstić information content (AvgIpc) is 2.17. The molecular formula is C8H8N2O4. The fourth-order valence-electron chi connectivity index (χ4n) is 0.966. The lowest BCUT2D eigenvalue weighted by Gasteiger charge is -2.03. The van der Waals surface area contributed by atoms with Crippen LogP contribution < -0.4 is 0 Å². The van der Waals surface area contributed by atoms with Gasteiger partial charge in [0.2, 0.25) is 0 Å². The van der Waals surface area contributed by atoms with Crippen LogP contribution in [0.25, 0.3) is 0 Å². The van der Waals surface area contributed by atoms with Gasteiger partial charge < -0.3 is 20.6 Å². The summed E-state index contributed by atoms with van der Waals surface area (Å²) < 4.78 is 0. The van der Waals surface area contributed by atoms with Crippen LogP contribution in [0.3, 0.4) is 0 Å². The molecule has 0 atom stereocenters. The fourth-order valence-corrected chi connectivity index (χ4v) is 0.966. The third-order valence-electron chi connectivity index (χ3n) is 1.61. The van der Waals surface area contributed by atoms with Gasteiger partial charge in [-0.3, -0.25) is 0 Å². The number of benzene rings is 1. The zero-order valence-electron chi connectivity index (χ0n) is 6.99. The van der Waals surface area contributed by atoms with E-state index >= 15 is 0 Å². The quantitative estimate of drug-likeness (QED) is 0.317. The third-order valence-corrected chi connectivity index (χ3v) is 1.61. The van der Waals surface area contributed by atoms with Crippen LogP contribution >= 0.6 is 0 Å².